The fourth-order valence-electron chi connectivity index (χ4n) is 5.41. The van der Waals surface area contributed by atoms with Crippen LogP contribution in [0.2, 0.25) is 0 Å². The molecule has 176 valence electrons. The molecule has 0 radical (unpaired) electrons. The first-order valence-corrected chi connectivity index (χ1v) is 12.6. The summed E-state index contributed by atoms with van der Waals surface area (Å²) in [5.74, 6) is 1.20. The third-order valence-corrected chi connectivity index (χ3v) is 7.60. The Morgan fingerprint density at radius 2 is 1.50 bits per heavy atom. The number of benzene rings is 2. The van der Waals surface area contributed by atoms with Crippen molar-refractivity contribution in [1.29, 1.82) is 0 Å². The van der Waals surface area contributed by atoms with Crippen LogP contribution in [0.1, 0.15) is 55.6 Å². The average molecular weight is 522 g/mol. The molecular formula is C28H28BrNO4. The summed E-state index contributed by atoms with van der Waals surface area (Å²) in [4.78, 5) is 28.5. The Bertz CT molecular complexity index is 1170. The zero-order valence-corrected chi connectivity index (χ0v) is 21.1. The summed E-state index contributed by atoms with van der Waals surface area (Å²) in [6.07, 6.45) is 4.51. The van der Waals surface area contributed by atoms with Gasteiger partial charge in [-0.05, 0) is 61.1 Å². The molecule has 0 fully saturated rings. The van der Waals surface area contributed by atoms with Gasteiger partial charge < -0.3 is 14.4 Å². The smallest absolute Gasteiger partial charge is 0.161 e. The van der Waals surface area contributed by atoms with Crippen LogP contribution in [0.4, 0.5) is 0 Å². The van der Waals surface area contributed by atoms with Crippen molar-refractivity contribution >= 4 is 27.5 Å². The second-order valence-electron chi connectivity index (χ2n) is 9.09. The van der Waals surface area contributed by atoms with E-state index in [2.05, 4.69) is 20.8 Å². The number of ether oxygens (including phenoxy) is 2. The first kappa shape index (κ1) is 22.9. The Balaban J connectivity index is 1.53. The second-order valence-corrected chi connectivity index (χ2v) is 10.0. The number of allylic oxidation sites excluding steroid dienone is 4. The van der Waals surface area contributed by atoms with Crippen LogP contribution >= 0.6 is 15.9 Å². The molecule has 0 unspecified atom stereocenters. The Morgan fingerprint density at radius 1 is 0.882 bits per heavy atom. The largest absolute Gasteiger partial charge is 0.493 e. The molecule has 0 spiro atoms. The van der Waals surface area contributed by atoms with Crippen LogP contribution in [0.15, 0.2) is 69.5 Å². The summed E-state index contributed by atoms with van der Waals surface area (Å²) in [6, 6.07) is 13.8. The maximum atomic E-state index is 13.2. The van der Waals surface area contributed by atoms with Gasteiger partial charge in [0.05, 0.1) is 7.11 Å². The quantitative estimate of drug-likeness (QED) is 0.477. The lowest BCUT2D eigenvalue weighted by atomic mass is 9.71. The van der Waals surface area contributed by atoms with Crippen LogP contribution in [0.5, 0.6) is 11.5 Å². The molecule has 5 rings (SSSR count). The van der Waals surface area contributed by atoms with E-state index in [0.29, 0.717) is 30.9 Å². The number of rotatable bonds is 5. The summed E-state index contributed by atoms with van der Waals surface area (Å²) in [7, 11) is 3.63. The fraction of sp³-hybridized carbons (Fsp3) is 0.357. The fourth-order valence-corrected chi connectivity index (χ4v) is 5.67. The third-order valence-electron chi connectivity index (χ3n) is 7.07. The van der Waals surface area contributed by atoms with Crippen LogP contribution < -0.4 is 9.47 Å². The molecule has 0 bridgehead atoms. The summed E-state index contributed by atoms with van der Waals surface area (Å²) in [5.41, 5.74) is 5.68. The summed E-state index contributed by atoms with van der Waals surface area (Å²) in [5, 5.41) is 0. The highest BCUT2D eigenvalue weighted by atomic mass is 79.9. The van der Waals surface area contributed by atoms with Gasteiger partial charge in [-0.2, -0.15) is 0 Å². The minimum Gasteiger partial charge on any atom is -0.493 e. The number of Topliss-reactive ketones (excluding diaryl/α,β-unsaturated/α-hetero) is 2. The number of halogens is 1. The van der Waals surface area contributed by atoms with E-state index in [1.807, 2.05) is 49.5 Å². The van der Waals surface area contributed by atoms with Gasteiger partial charge in [0, 0.05) is 52.8 Å². The molecule has 0 aromatic heterocycles. The molecule has 3 aliphatic rings. The normalized spacial score (nSPS) is 18.7. The topological polar surface area (TPSA) is 55.8 Å². The van der Waals surface area contributed by atoms with E-state index >= 15 is 0 Å². The van der Waals surface area contributed by atoms with Crippen LogP contribution in [0.25, 0.3) is 0 Å². The lowest BCUT2D eigenvalue weighted by Crippen LogP contribution is -2.37. The number of nitrogens with zero attached hydrogens (tertiary/aromatic N) is 1. The van der Waals surface area contributed by atoms with Crippen molar-refractivity contribution in [2.24, 2.45) is 0 Å². The predicted molar refractivity (Wildman–Crippen MR) is 134 cm³/mol. The van der Waals surface area contributed by atoms with E-state index in [-0.39, 0.29) is 17.5 Å². The van der Waals surface area contributed by atoms with Crippen LogP contribution in [-0.2, 0) is 16.2 Å². The molecule has 2 aromatic carbocycles. The Kier molecular flexibility index (Phi) is 6.34. The monoisotopic (exact) mass is 521 g/mol. The molecule has 1 heterocycles. The van der Waals surface area contributed by atoms with Gasteiger partial charge in [-0.3, -0.25) is 9.59 Å². The number of carbonyl (C=O) groups excluding carboxylic acids is 2. The van der Waals surface area contributed by atoms with Crippen molar-refractivity contribution in [3.63, 3.8) is 0 Å². The standard InChI is InChI=1S/C28H28BrNO4/c1-30-20-5-3-7-22(31)27(20)26(28-21(30)6-4-8-23(28)32)18-11-14-24(25(15-18)33-2)34-16-17-9-12-19(29)13-10-17/h9-15,26H,3-8,16H2,1-2H3. The third kappa shape index (κ3) is 4.09. The lowest BCUT2D eigenvalue weighted by Gasteiger charge is -2.42. The summed E-state index contributed by atoms with van der Waals surface area (Å²) >= 11 is 3.45. The predicted octanol–water partition coefficient (Wildman–Crippen LogP) is 6.08. The molecule has 2 aromatic rings. The summed E-state index contributed by atoms with van der Waals surface area (Å²) < 4.78 is 12.8. The molecular weight excluding hydrogens is 494 g/mol. The highest BCUT2D eigenvalue weighted by molar-refractivity contribution is 9.10. The SMILES string of the molecule is COc1cc(C2C3=C(CCCC3=O)N(C)C3=C2C(=O)CCC3)ccc1OCc1ccc(Br)cc1. The average Bonchev–Trinajstić information content (AvgIpc) is 2.85. The Hall–Kier alpha value is -2.86. The highest BCUT2D eigenvalue weighted by Crippen LogP contribution is 2.49. The molecule has 2 aliphatic carbocycles. The zero-order chi connectivity index (χ0) is 23.8. The molecule has 0 saturated carbocycles. The summed E-state index contributed by atoms with van der Waals surface area (Å²) in [6.45, 7) is 0.415. The zero-order valence-electron chi connectivity index (χ0n) is 19.5. The van der Waals surface area contributed by atoms with Crippen molar-refractivity contribution in [2.75, 3.05) is 14.2 Å². The highest BCUT2D eigenvalue weighted by Gasteiger charge is 2.42. The van der Waals surface area contributed by atoms with E-state index in [9.17, 15) is 9.59 Å². The molecule has 0 saturated heterocycles. The van der Waals surface area contributed by atoms with Gasteiger partial charge in [-0.1, -0.05) is 34.1 Å². The second kappa shape index (κ2) is 9.41. The van der Waals surface area contributed by atoms with Crippen molar-refractivity contribution in [2.45, 2.75) is 51.0 Å². The van der Waals surface area contributed by atoms with Crippen molar-refractivity contribution in [1.82, 2.24) is 4.90 Å². The van der Waals surface area contributed by atoms with E-state index in [1.165, 1.54) is 0 Å². The Morgan fingerprint density at radius 3 is 2.09 bits per heavy atom. The van der Waals surface area contributed by atoms with E-state index in [1.54, 1.807) is 7.11 Å². The van der Waals surface area contributed by atoms with Gasteiger partial charge in [0.2, 0.25) is 0 Å². The number of hydrogen-bond donors (Lipinski definition) is 0. The van der Waals surface area contributed by atoms with Crippen molar-refractivity contribution < 1.29 is 19.1 Å². The Labute approximate surface area is 208 Å². The van der Waals surface area contributed by atoms with Crippen molar-refractivity contribution in [3.8, 4) is 11.5 Å². The molecule has 0 amide bonds. The van der Waals surface area contributed by atoms with E-state index in [4.69, 9.17) is 9.47 Å². The van der Waals surface area contributed by atoms with Gasteiger partial charge in [-0.25, -0.2) is 0 Å². The van der Waals surface area contributed by atoms with Crippen LogP contribution in [-0.4, -0.2) is 30.6 Å². The van der Waals surface area contributed by atoms with Gasteiger partial charge >= 0.3 is 0 Å². The lowest BCUT2D eigenvalue weighted by molar-refractivity contribution is -0.117. The van der Waals surface area contributed by atoms with Crippen LogP contribution in [0.3, 0.4) is 0 Å². The van der Waals surface area contributed by atoms with Crippen molar-refractivity contribution in [3.05, 3.63) is 80.6 Å². The molecule has 5 nitrogen and oxygen atoms in total. The molecule has 0 atom stereocenters. The molecule has 34 heavy (non-hydrogen) atoms. The van der Waals surface area contributed by atoms with E-state index in [0.717, 1.165) is 63.8 Å². The van der Waals surface area contributed by atoms with Gasteiger partial charge in [0.1, 0.15) is 6.61 Å². The molecule has 1 aliphatic heterocycles. The van der Waals surface area contributed by atoms with Gasteiger partial charge in [0.15, 0.2) is 23.1 Å². The number of methoxy groups -OCH3 is 1. The minimum absolute atomic E-state index is 0.151. The van der Waals surface area contributed by atoms with E-state index < -0.39 is 0 Å². The first-order chi connectivity index (χ1) is 16.5. The number of carbonyl (C=O) groups is 2. The maximum Gasteiger partial charge on any atom is 0.161 e. The van der Waals surface area contributed by atoms with Gasteiger partial charge in [0.25, 0.3) is 0 Å². The maximum absolute atomic E-state index is 13.2. The molecule has 6 heteroatoms. The number of hydrogen-bond acceptors (Lipinski definition) is 5. The van der Waals surface area contributed by atoms with Gasteiger partial charge in [-0.15, -0.1) is 0 Å². The molecule has 0 N–H and O–H groups in total. The van der Waals surface area contributed by atoms with Crippen LogP contribution in [0, 0.1) is 0 Å². The number of ketones is 2. The minimum atomic E-state index is -0.337. The first-order valence-electron chi connectivity index (χ1n) is 11.8.